The molecule has 0 radical (unpaired) electrons. The monoisotopic (exact) mass is 345 g/mol. The van der Waals surface area contributed by atoms with E-state index in [-0.39, 0.29) is 38.3 Å². The van der Waals surface area contributed by atoms with Gasteiger partial charge >= 0.3 is 12.1 Å². The molecule has 1 fully saturated rings. The summed E-state index contributed by atoms with van der Waals surface area (Å²) in [6.07, 6.45) is -5.40. The highest BCUT2D eigenvalue weighted by atomic mass is 19.4. The van der Waals surface area contributed by atoms with Crippen LogP contribution in [0.5, 0.6) is 0 Å². The van der Waals surface area contributed by atoms with Crippen LogP contribution in [0.25, 0.3) is 0 Å². The van der Waals surface area contributed by atoms with Crippen molar-refractivity contribution in [2.45, 2.75) is 37.5 Å². The Hall–Kier alpha value is -2.09. The topological polar surface area (TPSA) is 77.8 Å². The van der Waals surface area contributed by atoms with E-state index in [9.17, 15) is 27.9 Å². The van der Waals surface area contributed by atoms with Crippen LogP contribution in [0.15, 0.2) is 24.3 Å². The number of nitrogens with zero attached hydrogens (tertiary/aromatic N) is 1. The molecule has 0 atom stereocenters. The first-order valence-electron chi connectivity index (χ1n) is 7.51. The van der Waals surface area contributed by atoms with Crippen molar-refractivity contribution in [3.63, 3.8) is 0 Å². The fraction of sp³-hybridized carbons (Fsp3) is 0.500. The van der Waals surface area contributed by atoms with Gasteiger partial charge in [0.15, 0.2) is 5.60 Å². The molecule has 132 valence electrons. The molecule has 1 aromatic rings. The number of hydrogen-bond acceptors (Lipinski definition) is 3. The third-order valence-corrected chi connectivity index (χ3v) is 4.17. The van der Waals surface area contributed by atoms with Crippen molar-refractivity contribution >= 4 is 11.9 Å². The highest BCUT2D eigenvalue weighted by Gasteiger charge is 2.40. The molecule has 5 nitrogen and oxygen atoms in total. The van der Waals surface area contributed by atoms with E-state index in [2.05, 4.69) is 0 Å². The highest BCUT2D eigenvalue weighted by molar-refractivity contribution is 5.94. The van der Waals surface area contributed by atoms with Gasteiger partial charge < -0.3 is 15.1 Å². The molecule has 8 heteroatoms. The smallest absolute Gasteiger partial charge is 0.389 e. The first-order valence-corrected chi connectivity index (χ1v) is 7.51. The molecule has 0 spiro atoms. The van der Waals surface area contributed by atoms with E-state index in [1.54, 1.807) is 0 Å². The van der Waals surface area contributed by atoms with Crippen molar-refractivity contribution in [1.29, 1.82) is 0 Å². The number of aliphatic carboxylic acids is 1. The zero-order chi connectivity index (χ0) is 18.0. The van der Waals surface area contributed by atoms with Crippen LogP contribution in [0.3, 0.4) is 0 Å². The van der Waals surface area contributed by atoms with E-state index in [1.807, 2.05) is 0 Å². The average Bonchev–Trinajstić information content (AvgIpc) is 2.53. The first kappa shape index (κ1) is 18.3. The zero-order valence-corrected chi connectivity index (χ0v) is 12.8. The largest absolute Gasteiger partial charge is 0.479 e. The van der Waals surface area contributed by atoms with Crippen LogP contribution in [0.4, 0.5) is 13.2 Å². The number of carbonyl (C=O) groups is 2. The SMILES string of the molecule is O=C(c1ccc(CCC(F)(F)F)cc1)N1CCC(O)(C(=O)O)CC1. The van der Waals surface area contributed by atoms with Gasteiger partial charge in [-0.25, -0.2) is 4.79 Å². The molecule has 1 saturated heterocycles. The van der Waals surface area contributed by atoms with Gasteiger partial charge in [0, 0.05) is 37.9 Å². The van der Waals surface area contributed by atoms with Crippen molar-refractivity contribution < 1.29 is 33.0 Å². The first-order chi connectivity index (χ1) is 11.1. The highest BCUT2D eigenvalue weighted by Crippen LogP contribution is 2.24. The number of rotatable bonds is 4. The molecule has 0 aliphatic carbocycles. The Balaban J connectivity index is 1.95. The Morgan fingerprint density at radius 3 is 2.12 bits per heavy atom. The van der Waals surface area contributed by atoms with Gasteiger partial charge in [0.1, 0.15) is 0 Å². The lowest BCUT2D eigenvalue weighted by molar-refractivity contribution is -0.162. The Morgan fingerprint density at radius 2 is 1.67 bits per heavy atom. The van der Waals surface area contributed by atoms with Crippen LogP contribution >= 0.6 is 0 Å². The Labute approximate surface area is 136 Å². The molecule has 0 bridgehead atoms. The lowest BCUT2D eigenvalue weighted by Crippen LogP contribution is -2.50. The number of halogens is 3. The molecular formula is C16H18F3NO4. The molecule has 24 heavy (non-hydrogen) atoms. The number of hydrogen-bond donors (Lipinski definition) is 2. The van der Waals surface area contributed by atoms with E-state index in [1.165, 1.54) is 29.2 Å². The van der Waals surface area contributed by atoms with E-state index in [0.717, 1.165) is 0 Å². The number of likely N-dealkylation sites (tertiary alicyclic amines) is 1. The second kappa shape index (κ2) is 6.80. The number of aryl methyl sites for hydroxylation is 1. The molecule has 2 rings (SSSR count). The predicted molar refractivity (Wildman–Crippen MR) is 78.5 cm³/mol. The van der Waals surface area contributed by atoms with Gasteiger partial charge in [0.25, 0.3) is 5.91 Å². The van der Waals surface area contributed by atoms with E-state index >= 15 is 0 Å². The van der Waals surface area contributed by atoms with Crippen molar-refractivity contribution in [2.75, 3.05) is 13.1 Å². The van der Waals surface area contributed by atoms with Gasteiger partial charge in [-0.1, -0.05) is 12.1 Å². The standard InChI is InChI=1S/C16H18F3NO4/c17-16(18,19)6-5-11-1-3-12(4-2-11)13(21)20-9-7-15(24,8-10-20)14(22)23/h1-4,24H,5-10H2,(H,22,23). The quantitative estimate of drug-likeness (QED) is 0.877. The third kappa shape index (κ3) is 4.47. The number of benzene rings is 1. The second-order valence-corrected chi connectivity index (χ2v) is 5.94. The summed E-state index contributed by atoms with van der Waals surface area (Å²) in [6, 6.07) is 5.89. The summed E-state index contributed by atoms with van der Waals surface area (Å²) in [4.78, 5) is 24.7. The molecule has 0 aromatic heterocycles. The maximum atomic E-state index is 12.3. The predicted octanol–water partition coefficient (Wildman–Crippen LogP) is 2.23. The zero-order valence-electron chi connectivity index (χ0n) is 12.8. The lowest BCUT2D eigenvalue weighted by Gasteiger charge is -2.35. The van der Waals surface area contributed by atoms with Crippen molar-refractivity contribution in [3.8, 4) is 0 Å². The molecule has 1 amide bonds. The maximum Gasteiger partial charge on any atom is 0.389 e. The number of carbonyl (C=O) groups excluding carboxylic acids is 1. The summed E-state index contributed by atoms with van der Waals surface area (Å²) >= 11 is 0. The summed E-state index contributed by atoms with van der Waals surface area (Å²) in [5, 5.41) is 18.8. The molecule has 1 aromatic carbocycles. The van der Waals surface area contributed by atoms with Crippen molar-refractivity contribution in [2.24, 2.45) is 0 Å². The fourth-order valence-electron chi connectivity index (χ4n) is 2.58. The Kier molecular flexibility index (Phi) is 5.17. The molecule has 1 aliphatic rings. The maximum absolute atomic E-state index is 12.3. The summed E-state index contributed by atoms with van der Waals surface area (Å²) < 4.78 is 36.6. The molecule has 2 N–H and O–H groups in total. The Morgan fingerprint density at radius 1 is 1.12 bits per heavy atom. The van der Waals surface area contributed by atoms with Gasteiger partial charge in [-0.15, -0.1) is 0 Å². The molecule has 0 unspecified atom stereocenters. The summed E-state index contributed by atoms with van der Waals surface area (Å²) in [5.41, 5.74) is -0.993. The van der Waals surface area contributed by atoms with Crippen LogP contribution in [0.2, 0.25) is 0 Å². The van der Waals surface area contributed by atoms with E-state index in [4.69, 9.17) is 5.11 Å². The average molecular weight is 345 g/mol. The molecular weight excluding hydrogens is 327 g/mol. The van der Waals surface area contributed by atoms with Gasteiger partial charge in [-0.3, -0.25) is 4.79 Å². The van der Waals surface area contributed by atoms with Crippen LogP contribution in [0, 0.1) is 0 Å². The van der Waals surface area contributed by atoms with Gasteiger partial charge in [0.2, 0.25) is 0 Å². The fourth-order valence-corrected chi connectivity index (χ4v) is 2.58. The van der Waals surface area contributed by atoms with Crippen LogP contribution in [-0.4, -0.2) is 51.9 Å². The van der Waals surface area contributed by atoms with E-state index in [0.29, 0.717) is 11.1 Å². The van der Waals surface area contributed by atoms with Gasteiger partial charge in [-0.05, 0) is 24.1 Å². The summed E-state index contributed by atoms with van der Waals surface area (Å²) in [5.74, 6) is -1.63. The molecule has 1 heterocycles. The lowest BCUT2D eigenvalue weighted by atomic mass is 9.91. The summed E-state index contributed by atoms with van der Waals surface area (Å²) in [6.45, 7) is 0.217. The minimum atomic E-state index is -4.22. The summed E-state index contributed by atoms with van der Waals surface area (Å²) in [7, 11) is 0. The van der Waals surface area contributed by atoms with Crippen LogP contribution in [0.1, 0.15) is 35.2 Å². The molecule has 0 saturated carbocycles. The minimum absolute atomic E-state index is 0.0578. The number of alkyl halides is 3. The number of piperidine rings is 1. The number of amides is 1. The van der Waals surface area contributed by atoms with E-state index < -0.39 is 24.2 Å². The number of aliphatic hydroxyl groups is 1. The van der Waals surface area contributed by atoms with Gasteiger partial charge in [-0.2, -0.15) is 13.2 Å². The van der Waals surface area contributed by atoms with Gasteiger partial charge in [0.05, 0.1) is 0 Å². The Bertz CT molecular complexity index is 605. The third-order valence-electron chi connectivity index (χ3n) is 4.17. The van der Waals surface area contributed by atoms with Crippen LogP contribution in [-0.2, 0) is 11.2 Å². The molecule has 1 aliphatic heterocycles. The number of carboxylic acid groups (broad SMARTS) is 1. The minimum Gasteiger partial charge on any atom is -0.479 e. The normalized spacial score (nSPS) is 17.6. The van der Waals surface area contributed by atoms with Crippen molar-refractivity contribution in [1.82, 2.24) is 4.90 Å². The van der Waals surface area contributed by atoms with Crippen LogP contribution < -0.4 is 0 Å². The second-order valence-electron chi connectivity index (χ2n) is 5.94. The number of carboxylic acids is 1. The van der Waals surface area contributed by atoms with Crippen molar-refractivity contribution in [3.05, 3.63) is 35.4 Å².